The van der Waals surface area contributed by atoms with E-state index in [-0.39, 0.29) is 5.63 Å². The van der Waals surface area contributed by atoms with Gasteiger partial charge in [0.25, 0.3) is 0 Å². The molecular formula is C25H26O3. The van der Waals surface area contributed by atoms with Crippen LogP contribution in [0.15, 0.2) is 87.1 Å². The zero-order valence-corrected chi connectivity index (χ0v) is 16.7. The molecule has 0 radical (unpaired) electrons. The molecule has 3 aromatic rings. The Hall–Kier alpha value is -3.07. The lowest BCUT2D eigenvalue weighted by Crippen LogP contribution is -1.99. The second-order valence-corrected chi connectivity index (χ2v) is 7.18. The molecule has 0 aliphatic carbocycles. The Morgan fingerprint density at radius 2 is 1.79 bits per heavy atom. The third kappa shape index (κ3) is 5.23. The van der Waals surface area contributed by atoms with Crippen LogP contribution in [0.25, 0.3) is 22.1 Å². The molecule has 28 heavy (non-hydrogen) atoms. The van der Waals surface area contributed by atoms with Crippen LogP contribution < -0.4 is 10.4 Å². The van der Waals surface area contributed by atoms with Crippen LogP contribution in [-0.2, 0) is 0 Å². The molecule has 3 heteroatoms. The number of fused-ring (bicyclic) bond motifs is 1. The van der Waals surface area contributed by atoms with E-state index in [1.165, 1.54) is 17.2 Å². The number of benzene rings is 2. The van der Waals surface area contributed by atoms with E-state index in [0.717, 1.165) is 29.4 Å². The molecule has 0 bridgehead atoms. The van der Waals surface area contributed by atoms with Gasteiger partial charge in [0.05, 0.1) is 0 Å². The van der Waals surface area contributed by atoms with Gasteiger partial charge in [-0.25, -0.2) is 4.79 Å². The molecule has 0 saturated carbocycles. The van der Waals surface area contributed by atoms with Gasteiger partial charge < -0.3 is 9.15 Å². The first kappa shape index (κ1) is 19.7. The lowest BCUT2D eigenvalue weighted by atomic mass is 10.0. The van der Waals surface area contributed by atoms with Crippen LogP contribution in [0.1, 0.15) is 33.6 Å². The van der Waals surface area contributed by atoms with E-state index in [1.54, 1.807) is 6.07 Å². The van der Waals surface area contributed by atoms with E-state index >= 15 is 0 Å². The van der Waals surface area contributed by atoms with Crippen LogP contribution in [0.4, 0.5) is 0 Å². The van der Waals surface area contributed by atoms with Gasteiger partial charge >= 0.3 is 5.63 Å². The quantitative estimate of drug-likeness (QED) is 0.348. The van der Waals surface area contributed by atoms with Crippen molar-refractivity contribution in [3.8, 4) is 16.9 Å². The van der Waals surface area contributed by atoms with Gasteiger partial charge in [0.1, 0.15) is 17.9 Å². The molecule has 0 fully saturated rings. The summed E-state index contributed by atoms with van der Waals surface area (Å²) in [7, 11) is 0. The molecule has 0 atom stereocenters. The van der Waals surface area contributed by atoms with Crippen LogP contribution >= 0.6 is 0 Å². The summed E-state index contributed by atoms with van der Waals surface area (Å²) >= 11 is 0. The van der Waals surface area contributed by atoms with E-state index in [2.05, 4.69) is 32.9 Å². The molecule has 3 nitrogen and oxygen atoms in total. The minimum Gasteiger partial charge on any atom is -0.489 e. The summed E-state index contributed by atoms with van der Waals surface area (Å²) in [4.78, 5) is 12.0. The van der Waals surface area contributed by atoms with E-state index in [4.69, 9.17) is 9.15 Å². The van der Waals surface area contributed by atoms with E-state index in [0.29, 0.717) is 17.9 Å². The molecule has 144 valence electrons. The van der Waals surface area contributed by atoms with Crippen LogP contribution in [-0.4, -0.2) is 6.61 Å². The fourth-order valence-corrected chi connectivity index (χ4v) is 3.06. The number of allylic oxidation sites excluding steroid dienone is 3. The van der Waals surface area contributed by atoms with Gasteiger partial charge in [-0.1, -0.05) is 47.6 Å². The maximum Gasteiger partial charge on any atom is 0.336 e. The van der Waals surface area contributed by atoms with Crippen molar-refractivity contribution in [3.63, 3.8) is 0 Å². The molecule has 0 unspecified atom stereocenters. The third-order valence-electron chi connectivity index (χ3n) is 4.57. The molecule has 0 aliphatic rings. The maximum absolute atomic E-state index is 12.0. The van der Waals surface area contributed by atoms with Crippen molar-refractivity contribution in [3.05, 3.63) is 88.3 Å². The summed E-state index contributed by atoms with van der Waals surface area (Å²) < 4.78 is 11.3. The van der Waals surface area contributed by atoms with Crippen LogP contribution in [0.3, 0.4) is 0 Å². The van der Waals surface area contributed by atoms with Gasteiger partial charge in [0, 0.05) is 17.5 Å². The van der Waals surface area contributed by atoms with Crippen LogP contribution in [0.5, 0.6) is 5.75 Å². The van der Waals surface area contributed by atoms with Gasteiger partial charge in [0.15, 0.2) is 0 Å². The number of rotatable bonds is 7. The van der Waals surface area contributed by atoms with E-state index < -0.39 is 0 Å². The average Bonchev–Trinajstić information content (AvgIpc) is 2.67. The summed E-state index contributed by atoms with van der Waals surface area (Å²) in [6.45, 7) is 6.84. The summed E-state index contributed by atoms with van der Waals surface area (Å²) in [6, 6.07) is 17.0. The minimum atomic E-state index is -0.362. The van der Waals surface area contributed by atoms with Gasteiger partial charge in [-0.2, -0.15) is 0 Å². The molecular weight excluding hydrogens is 348 g/mol. The Labute approximate surface area is 166 Å². The predicted molar refractivity (Wildman–Crippen MR) is 116 cm³/mol. The van der Waals surface area contributed by atoms with Crippen LogP contribution in [0, 0.1) is 0 Å². The zero-order valence-electron chi connectivity index (χ0n) is 16.7. The number of hydrogen-bond acceptors (Lipinski definition) is 3. The molecule has 3 rings (SSSR count). The Morgan fingerprint density at radius 1 is 1.00 bits per heavy atom. The van der Waals surface area contributed by atoms with Gasteiger partial charge in [0.2, 0.25) is 0 Å². The van der Waals surface area contributed by atoms with Crippen molar-refractivity contribution in [2.24, 2.45) is 0 Å². The fraction of sp³-hybridized carbons (Fsp3) is 0.240. The van der Waals surface area contributed by atoms with Crippen molar-refractivity contribution in [1.82, 2.24) is 0 Å². The highest BCUT2D eigenvalue weighted by Gasteiger charge is 2.08. The molecule has 1 aromatic heterocycles. The first-order chi connectivity index (χ1) is 13.5. The summed E-state index contributed by atoms with van der Waals surface area (Å²) in [6.07, 6.45) is 6.42. The highest BCUT2D eigenvalue weighted by Crippen LogP contribution is 2.29. The standard InChI is InChI=1S/C25H26O3/c1-18(2)8-7-9-19(3)14-15-27-21-12-13-22-23(20-10-5-4-6-11-20)17-25(26)28-24(22)16-21/h4-6,8,10-14,16-17H,7,9,15H2,1-3H3/b19-14+. The summed E-state index contributed by atoms with van der Waals surface area (Å²) in [5, 5.41) is 0.895. The van der Waals surface area contributed by atoms with E-state index in [1.807, 2.05) is 42.5 Å². The van der Waals surface area contributed by atoms with Crippen LogP contribution in [0.2, 0.25) is 0 Å². The maximum atomic E-state index is 12.0. The fourth-order valence-electron chi connectivity index (χ4n) is 3.06. The predicted octanol–water partition coefficient (Wildman–Crippen LogP) is 6.53. The lowest BCUT2D eigenvalue weighted by molar-refractivity contribution is 0.361. The highest BCUT2D eigenvalue weighted by atomic mass is 16.5. The van der Waals surface area contributed by atoms with Crippen molar-refractivity contribution < 1.29 is 9.15 Å². The Balaban J connectivity index is 1.76. The van der Waals surface area contributed by atoms with Crippen molar-refractivity contribution >= 4 is 11.0 Å². The van der Waals surface area contributed by atoms with Gasteiger partial charge in [-0.05, 0) is 62.9 Å². The Morgan fingerprint density at radius 3 is 2.54 bits per heavy atom. The smallest absolute Gasteiger partial charge is 0.336 e. The molecule has 0 saturated heterocycles. The normalized spacial score (nSPS) is 11.5. The van der Waals surface area contributed by atoms with Gasteiger partial charge in [-0.3, -0.25) is 0 Å². The zero-order chi connectivity index (χ0) is 19.9. The Bertz CT molecular complexity index is 1050. The number of ether oxygens (including phenoxy) is 1. The van der Waals surface area contributed by atoms with Gasteiger partial charge in [-0.15, -0.1) is 0 Å². The van der Waals surface area contributed by atoms with Crippen molar-refractivity contribution in [2.75, 3.05) is 6.61 Å². The molecule has 0 amide bonds. The number of hydrogen-bond donors (Lipinski definition) is 0. The first-order valence-electron chi connectivity index (χ1n) is 9.58. The third-order valence-corrected chi connectivity index (χ3v) is 4.57. The van der Waals surface area contributed by atoms with E-state index in [9.17, 15) is 4.79 Å². The largest absolute Gasteiger partial charge is 0.489 e. The molecule has 2 aromatic carbocycles. The second-order valence-electron chi connectivity index (χ2n) is 7.18. The van der Waals surface area contributed by atoms with Crippen molar-refractivity contribution in [2.45, 2.75) is 33.6 Å². The minimum absolute atomic E-state index is 0.362. The molecule has 1 heterocycles. The topological polar surface area (TPSA) is 39.4 Å². The summed E-state index contributed by atoms with van der Waals surface area (Å²) in [5.74, 6) is 0.689. The SMILES string of the molecule is CC(C)=CCC/C(C)=C/COc1ccc2c(-c3ccccc3)cc(=O)oc2c1. The molecule has 0 spiro atoms. The second kappa shape index (κ2) is 9.23. The first-order valence-corrected chi connectivity index (χ1v) is 9.58. The van der Waals surface area contributed by atoms with Crippen molar-refractivity contribution in [1.29, 1.82) is 0 Å². The highest BCUT2D eigenvalue weighted by molar-refractivity contribution is 5.93. The molecule has 0 N–H and O–H groups in total. The summed E-state index contributed by atoms with van der Waals surface area (Å²) in [5.41, 5.74) is 4.68. The average molecular weight is 374 g/mol. The molecule has 0 aliphatic heterocycles. The Kier molecular flexibility index (Phi) is 6.49. The lowest BCUT2D eigenvalue weighted by Gasteiger charge is -2.08. The monoisotopic (exact) mass is 374 g/mol.